The van der Waals surface area contributed by atoms with E-state index in [1.165, 1.54) is 5.56 Å². The molecule has 1 aromatic carbocycles. The topological polar surface area (TPSA) is 32.8 Å². The van der Waals surface area contributed by atoms with Crippen LogP contribution in [0.5, 0.6) is 5.75 Å². The van der Waals surface area contributed by atoms with E-state index in [2.05, 4.69) is 18.7 Å². The molecule has 0 aromatic heterocycles. The second-order valence-corrected chi connectivity index (χ2v) is 6.59. The maximum Gasteiger partial charge on any atom is 0.263 e. The van der Waals surface area contributed by atoms with Crippen LogP contribution in [0.3, 0.4) is 0 Å². The van der Waals surface area contributed by atoms with Crippen molar-refractivity contribution in [2.75, 3.05) is 32.7 Å². The fourth-order valence-corrected chi connectivity index (χ4v) is 2.80. The van der Waals surface area contributed by atoms with Crippen molar-refractivity contribution in [2.45, 2.75) is 33.8 Å². The van der Waals surface area contributed by atoms with Gasteiger partial charge in [-0.3, -0.25) is 9.69 Å². The second kappa shape index (κ2) is 7.63. The first kappa shape index (κ1) is 16.8. The van der Waals surface area contributed by atoms with Crippen LogP contribution in [0.2, 0.25) is 0 Å². The molecule has 22 heavy (non-hydrogen) atoms. The Labute approximate surface area is 134 Å². The van der Waals surface area contributed by atoms with E-state index in [-0.39, 0.29) is 5.91 Å². The minimum atomic E-state index is -0.431. The summed E-state index contributed by atoms with van der Waals surface area (Å²) in [5.74, 6) is 1.51. The normalized spacial score (nSPS) is 17.6. The largest absolute Gasteiger partial charge is 0.481 e. The Hall–Kier alpha value is -1.55. The molecule has 1 heterocycles. The minimum absolute atomic E-state index is 0.0878. The van der Waals surface area contributed by atoms with Crippen molar-refractivity contribution < 1.29 is 9.53 Å². The highest BCUT2D eigenvalue weighted by Gasteiger charge is 2.26. The van der Waals surface area contributed by atoms with E-state index >= 15 is 0 Å². The minimum Gasteiger partial charge on any atom is -0.481 e. The van der Waals surface area contributed by atoms with Gasteiger partial charge in [-0.1, -0.05) is 31.5 Å². The predicted molar refractivity (Wildman–Crippen MR) is 89.1 cm³/mol. The fraction of sp³-hybridized carbons (Fsp3) is 0.611. The molecule has 1 unspecified atom stereocenters. The number of carbonyl (C=O) groups is 1. The third kappa shape index (κ3) is 4.73. The summed E-state index contributed by atoms with van der Waals surface area (Å²) < 4.78 is 5.77. The van der Waals surface area contributed by atoms with E-state index in [0.29, 0.717) is 5.92 Å². The van der Waals surface area contributed by atoms with Gasteiger partial charge < -0.3 is 9.64 Å². The maximum atomic E-state index is 12.5. The van der Waals surface area contributed by atoms with Crippen LogP contribution in [-0.2, 0) is 4.79 Å². The number of aryl methyl sites for hydroxylation is 1. The van der Waals surface area contributed by atoms with Crippen LogP contribution >= 0.6 is 0 Å². The van der Waals surface area contributed by atoms with Gasteiger partial charge in [-0.25, -0.2) is 0 Å². The van der Waals surface area contributed by atoms with Gasteiger partial charge >= 0.3 is 0 Å². The van der Waals surface area contributed by atoms with Gasteiger partial charge in [-0.15, -0.1) is 0 Å². The quantitative estimate of drug-likeness (QED) is 0.838. The summed E-state index contributed by atoms with van der Waals surface area (Å²) in [7, 11) is 0. The molecule has 1 aliphatic rings. The fourth-order valence-electron chi connectivity index (χ4n) is 2.80. The predicted octanol–water partition coefficient (Wildman–Crippen LogP) is 2.56. The summed E-state index contributed by atoms with van der Waals surface area (Å²) in [6.07, 6.45) is -0.431. The molecule has 1 fully saturated rings. The molecule has 0 spiro atoms. The van der Waals surface area contributed by atoms with Gasteiger partial charge in [-0.05, 0) is 31.9 Å². The molecule has 1 amide bonds. The summed E-state index contributed by atoms with van der Waals surface area (Å²) >= 11 is 0. The van der Waals surface area contributed by atoms with Crippen molar-refractivity contribution in [2.24, 2.45) is 5.92 Å². The van der Waals surface area contributed by atoms with Crippen LogP contribution in [0.15, 0.2) is 24.3 Å². The number of amides is 1. The number of ether oxygens (including phenoxy) is 1. The summed E-state index contributed by atoms with van der Waals surface area (Å²) in [5, 5.41) is 0. The maximum absolute atomic E-state index is 12.5. The molecular formula is C18H28N2O2. The first-order chi connectivity index (χ1) is 10.5. The van der Waals surface area contributed by atoms with E-state index in [9.17, 15) is 4.79 Å². The van der Waals surface area contributed by atoms with Gasteiger partial charge in [0.25, 0.3) is 5.91 Å². The van der Waals surface area contributed by atoms with E-state index in [1.54, 1.807) is 0 Å². The molecular weight excluding hydrogens is 276 g/mol. The number of carbonyl (C=O) groups excluding carboxylic acids is 1. The highest BCUT2D eigenvalue weighted by molar-refractivity contribution is 5.81. The molecule has 1 atom stereocenters. The Balaban J connectivity index is 1.82. The lowest BCUT2D eigenvalue weighted by atomic mass is 10.2. The van der Waals surface area contributed by atoms with Crippen LogP contribution in [0.4, 0.5) is 0 Å². The van der Waals surface area contributed by atoms with E-state index in [1.807, 2.05) is 43.0 Å². The van der Waals surface area contributed by atoms with Crippen molar-refractivity contribution in [3.63, 3.8) is 0 Å². The van der Waals surface area contributed by atoms with Gasteiger partial charge in [0, 0.05) is 32.7 Å². The molecule has 1 aliphatic heterocycles. The van der Waals surface area contributed by atoms with E-state index in [4.69, 9.17) is 4.74 Å². The number of hydrogen-bond donors (Lipinski definition) is 0. The molecule has 2 rings (SSSR count). The van der Waals surface area contributed by atoms with Gasteiger partial charge in [0.15, 0.2) is 6.10 Å². The highest BCUT2D eigenvalue weighted by Crippen LogP contribution is 2.15. The molecule has 122 valence electrons. The molecule has 4 nitrogen and oxygen atoms in total. The van der Waals surface area contributed by atoms with Gasteiger partial charge in [-0.2, -0.15) is 0 Å². The first-order valence-corrected chi connectivity index (χ1v) is 8.20. The van der Waals surface area contributed by atoms with Crippen molar-refractivity contribution in [3.8, 4) is 5.75 Å². The lowest BCUT2D eigenvalue weighted by Gasteiger charge is -2.36. The van der Waals surface area contributed by atoms with Crippen LogP contribution in [0.25, 0.3) is 0 Å². The zero-order valence-corrected chi connectivity index (χ0v) is 14.2. The van der Waals surface area contributed by atoms with Crippen molar-refractivity contribution in [1.82, 2.24) is 9.80 Å². The molecule has 0 aliphatic carbocycles. The monoisotopic (exact) mass is 304 g/mol. The number of nitrogens with zero attached hydrogens (tertiary/aromatic N) is 2. The Kier molecular flexibility index (Phi) is 5.83. The zero-order valence-electron chi connectivity index (χ0n) is 14.2. The molecule has 0 saturated carbocycles. The summed E-state index contributed by atoms with van der Waals surface area (Å²) in [4.78, 5) is 16.8. The Morgan fingerprint density at radius 3 is 2.23 bits per heavy atom. The molecule has 4 heteroatoms. The molecule has 1 saturated heterocycles. The average Bonchev–Trinajstić information content (AvgIpc) is 2.49. The third-order valence-electron chi connectivity index (χ3n) is 3.99. The van der Waals surface area contributed by atoms with Crippen molar-refractivity contribution in [1.29, 1.82) is 0 Å². The molecule has 0 radical (unpaired) electrons. The number of hydrogen-bond acceptors (Lipinski definition) is 3. The lowest BCUT2D eigenvalue weighted by molar-refractivity contribution is -0.139. The number of benzene rings is 1. The van der Waals surface area contributed by atoms with Crippen LogP contribution in [-0.4, -0.2) is 54.5 Å². The second-order valence-electron chi connectivity index (χ2n) is 6.59. The third-order valence-corrected chi connectivity index (χ3v) is 3.99. The number of rotatable bonds is 5. The van der Waals surface area contributed by atoms with E-state index < -0.39 is 6.10 Å². The standard InChI is InChI=1S/C18H28N2O2/c1-14(2)13-19-9-11-20(12-10-19)18(21)16(4)22-17-7-5-15(3)6-8-17/h5-8,14,16H,9-13H2,1-4H3. The summed E-state index contributed by atoms with van der Waals surface area (Å²) in [6.45, 7) is 13.0. The van der Waals surface area contributed by atoms with Gasteiger partial charge in [0.1, 0.15) is 5.75 Å². The molecule has 1 aromatic rings. The Morgan fingerprint density at radius 1 is 1.09 bits per heavy atom. The van der Waals surface area contributed by atoms with E-state index in [0.717, 1.165) is 38.5 Å². The lowest BCUT2D eigenvalue weighted by Crippen LogP contribution is -2.52. The van der Waals surface area contributed by atoms with Gasteiger partial charge in [0.05, 0.1) is 0 Å². The van der Waals surface area contributed by atoms with Crippen LogP contribution in [0, 0.1) is 12.8 Å². The Morgan fingerprint density at radius 2 is 1.68 bits per heavy atom. The van der Waals surface area contributed by atoms with Crippen molar-refractivity contribution in [3.05, 3.63) is 29.8 Å². The van der Waals surface area contributed by atoms with Gasteiger partial charge in [0.2, 0.25) is 0 Å². The summed E-state index contributed by atoms with van der Waals surface area (Å²) in [6, 6.07) is 7.83. The molecule has 0 N–H and O–H groups in total. The number of piperazine rings is 1. The highest BCUT2D eigenvalue weighted by atomic mass is 16.5. The zero-order chi connectivity index (χ0) is 16.1. The average molecular weight is 304 g/mol. The first-order valence-electron chi connectivity index (χ1n) is 8.20. The van der Waals surface area contributed by atoms with Crippen LogP contribution < -0.4 is 4.74 Å². The van der Waals surface area contributed by atoms with Crippen LogP contribution in [0.1, 0.15) is 26.3 Å². The summed E-state index contributed by atoms with van der Waals surface area (Å²) in [5.41, 5.74) is 1.19. The molecule has 0 bridgehead atoms. The van der Waals surface area contributed by atoms with Crippen molar-refractivity contribution >= 4 is 5.91 Å². The smallest absolute Gasteiger partial charge is 0.263 e. The Bertz CT molecular complexity index is 476. The SMILES string of the molecule is Cc1ccc(OC(C)C(=O)N2CCN(CC(C)C)CC2)cc1.